The second-order valence-electron chi connectivity index (χ2n) is 4.29. The third-order valence-electron chi connectivity index (χ3n) is 3.00. The maximum absolute atomic E-state index is 6.22. The van der Waals surface area contributed by atoms with Crippen molar-refractivity contribution in [3.05, 3.63) is 65.6 Å². The van der Waals surface area contributed by atoms with Gasteiger partial charge in [0.15, 0.2) is 0 Å². The van der Waals surface area contributed by atoms with Crippen LogP contribution < -0.4 is 11.3 Å². The van der Waals surface area contributed by atoms with Gasteiger partial charge in [-0.2, -0.15) is 0 Å². The minimum Gasteiger partial charge on any atom is -0.271 e. The van der Waals surface area contributed by atoms with E-state index in [0.29, 0.717) is 16.5 Å². The van der Waals surface area contributed by atoms with Crippen LogP contribution >= 0.6 is 61.7 Å². The molecule has 6 heteroatoms. The van der Waals surface area contributed by atoms with Crippen molar-refractivity contribution in [2.75, 3.05) is 0 Å². The zero-order valence-electron chi connectivity index (χ0n) is 10.3. The number of hydrogen-bond donors (Lipinski definition) is 2. The van der Waals surface area contributed by atoms with Gasteiger partial charge in [0, 0.05) is 18.1 Å². The molecular weight excluding hydrogens is 474 g/mol. The summed E-state index contributed by atoms with van der Waals surface area (Å²) < 4.78 is 2.15. The second kappa shape index (κ2) is 7.42. The Labute approximate surface area is 150 Å². The summed E-state index contributed by atoms with van der Waals surface area (Å²) in [6.45, 7) is 0. The molecule has 3 N–H and O–H groups in total. The van der Waals surface area contributed by atoms with Gasteiger partial charge in [0.1, 0.15) is 0 Å². The molecule has 2 rings (SSSR count). The molecule has 0 saturated carbocycles. The molecule has 0 bridgehead atoms. The predicted octanol–water partition coefficient (Wildman–Crippen LogP) is 5.11. The molecule has 0 aromatic heterocycles. The summed E-state index contributed by atoms with van der Waals surface area (Å²) in [4.78, 5) is 0. The van der Waals surface area contributed by atoms with Gasteiger partial charge in [-0.05, 0) is 70.5 Å². The van der Waals surface area contributed by atoms with Crippen molar-refractivity contribution >= 4 is 61.7 Å². The molecule has 0 fully saturated rings. The van der Waals surface area contributed by atoms with Gasteiger partial charge in [0.05, 0.1) is 6.04 Å². The first-order valence-electron chi connectivity index (χ1n) is 5.87. The van der Waals surface area contributed by atoms with Crippen molar-refractivity contribution in [2.45, 2.75) is 12.5 Å². The third-order valence-corrected chi connectivity index (χ3v) is 5.11. The van der Waals surface area contributed by atoms with E-state index >= 15 is 0 Å². The van der Waals surface area contributed by atoms with Gasteiger partial charge >= 0.3 is 0 Å². The van der Waals surface area contributed by atoms with Gasteiger partial charge in [0.2, 0.25) is 0 Å². The molecular formula is C14H12BrCl2IN2. The number of hydrogen-bond acceptors (Lipinski definition) is 2. The zero-order valence-corrected chi connectivity index (χ0v) is 15.6. The maximum atomic E-state index is 6.22. The van der Waals surface area contributed by atoms with Crippen LogP contribution in [-0.2, 0) is 6.42 Å². The first-order valence-corrected chi connectivity index (χ1v) is 8.49. The fourth-order valence-electron chi connectivity index (χ4n) is 1.97. The van der Waals surface area contributed by atoms with Gasteiger partial charge in [-0.3, -0.25) is 11.3 Å². The fourth-order valence-corrected chi connectivity index (χ4v) is 3.56. The second-order valence-corrected chi connectivity index (χ2v) is 7.20. The number of halogens is 4. The molecule has 2 aromatic carbocycles. The highest BCUT2D eigenvalue weighted by molar-refractivity contribution is 14.1. The Morgan fingerprint density at radius 1 is 1.20 bits per heavy atom. The smallest absolute Gasteiger partial charge is 0.0512 e. The van der Waals surface area contributed by atoms with Crippen molar-refractivity contribution in [2.24, 2.45) is 5.84 Å². The lowest BCUT2D eigenvalue weighted by Crippen LogP contribution is -2.30. The van der Waals surface area contributed by atoms with E-state index in [1.807, 2.05) is 30.3 Å². The van der Waals surface area contributed by atoms with Crippen LogP contribution in [0.2, 0.25) is 10.0 Å². The summed E-state index contributed by atoms with van der Waals surface area (Å²) in [5, 5.41) is 1.30. The molecule has 20 heavy (non-hydrogen) atoms. The van der Waals surface area contributed by atoms with Gasteiger partial charge in [-0.25, -0.2) is 0 Å². The molecule has 106 valence electrons. The van der Waals surface area contributed by atoms with E-state index < -0.39 is 0 Å². The van der Waals surface area contributed by atoms with Gasteiger partial charge in [-0.1, -0.05) is 45.2 Å². The van der Waals surface area contributed by atoms with Crippen LogP contribution in [0.3, 0.4) is 0 Å². The van der Waals surface area contributed by atoms with E-state index in [1.54, 1.807) is 0 Å². The van der Waals surface area contributed by atoms with E-state index in [9.17, 15) is 0 Å². The molecule has 0 aliphatic heterocycles. The molecule has 0 saturated heterocycles. The molecule has 1 atom stereocenters. The molecule has 0 radical (unpaired) electrons. The fraction of sp³-hybridized carbons (Fsp3) is 0.143. The van der Waals surface area contributed by atoms with Crippen LogP contribution in [-0.4, -0.2) is 0 Å². The van der Waals surface area contributed by atoms with Crippen LogP contribution in [0.25, 0.3) is 0 Å². The Morgan fingerprint density at radius 3 is 2.45 bits per heavy atom. The Kier molecular flexibility index (Phi) is 6.13. The Balaban J connectivity index is 2.36. The summed E-state index contributed by atoms with van der Waals surface area (Å²) >= 11 is 18.3. The highest BCUT2D eigenvalue weighted by atomic mass is 127. The number of nitrogens with two attached hydrogens (primary N) is 1. The molecule has 2 aromatic rings. The van der Waals surface area contributed by atoms with Crippen molar-refractivity contribution in [3.63, 3.8) is 0 Å². The molecule has 2 nitrogen and oxygen atoms in total. The lowest BCUT2D eigenvalue weighted by molar-refractivity contribution is 0.550. The zero-order chi connectivity index (χ0) is 14.7. The van der Waals surface area contributed by atoms with Gasteiger partial charge < -0.3 is 0 Å². The van der Waals surface area contributed by atoms with Crippen molar-refractivity contribution < 1.29 is 0 Å². The lowest BCUT2D eigenvalue weighted by Gasteiger charge is -2.19. The Hall–Kier alpha value is 0.150. The quantitative estimate of drug-likeness (QED) is 0.359. The van der Waals surface area contributed by atoms with Crippen LogP contribution in [0.15, 0.2) is 40.9 Å². The van der Waals surface area contributed by atoms with Crippen LogP contribution in [0, 0.1) is 3.57 Å². The van der Waals surface area contributed by atoms with Crippen molar-refractivity contribution in [1.29, 1.82) is 0 Å². The third kappa shape index (κ3) is 3.87. The number of benzene rings is 2. The van der Waals surface area contributed by atoms with Crippen molar-refractivity contribution in [1.82, 2.24) is 5.43 Å². The summed E-state index contributed by atoms with van der Waals surface area (Å²) in [7, 11) is 0. The molecule has 0 amide bonds. The molecule has 0 spiro atoms. The van der Waals surface area contributed by atoms with E-state index in [0.717, 1.165) is 19.2 Å². The van der Waals surface area contributed by atoms with Crippen molar-refractivity contribution in [3.8, 4) is 0 Å². The summed E-state index contributed by atoms with van der Waals surface area (Å²) in [6, 6.07) is 11.6. The number of nitrogens with one attached hydrogen (secondary N) is 1. The minimum absolute atomic E-state index is 0.0727. The van der Waals surface area contributed by atoms with E-state index in [2.05, 4.69) is 50.0 Å². The first-order chi connectivity index (χ1) is 9.52. The largest absolute Gasteiger partial charge is 0.271 e. The molecule has 0 heterocycles. The molecule has 1 unspecified atom stereocenters. The topological polar surface area (TPSA) is 38.0 Å². The van der Waals surface area contributed by atoms with Gasteiger partial charge in [-0.15, -0.1) is 0 Å². The van der Waals surface area contributed by atoms with Crippen LogP contribution in [0.1, 0.15) is 17.2 Å². The number of hydrazine groups is 1. The summed E-state index contributed by atoms with van der Waals surface area (Å²) in [5.74, 6) is 5.71. The highest BCUT2D eigenvalue weighted by Gasteiger charge is 2.17. The normalized spacial score (nSPS) is 12.4. The summed E-state index contributed by atoms with van der Waals surface area (Å²) in [5.41, 5.74) is 4.81. The average Bonchev–Trinajstić information content (AvgIpc) is 2.42. The van der Waals surface area contributed by atoms with Crippen LogP contribution in [0.4, 0.5) is 0 Å². The van der Waals surface area contributed by atoms with E-state index in [1.165, 1.54) is 0 Å². The Morgan fingerprint density at radius 2 is 1.85 bits per heavy atom. The average molecular weight is 486 g/mol. The standard InChI is InChI=1S/C14H12BrCl2IN2/c15-11-5-4-8(18)6-9(11)14(20-19)7-10-12(16)2-1-3-13(10)17/h1-6,14,20H,7,19H2. The monoisotopic (exact) mass is 484 g/mol. The minimum atomic E-state index is -0.0727. The highest BCUT2D eigenvalue weighted by Crippen LogP contribution is 2.32. The maximum Gasteiger partial charge on any atom is 0.0512 e. The lowest BCUT2D eigenvalue weighted by atomic mass is 9.99. The first kappa shape index (κ1) is 16.5. The van der Waals surface area contributed by atoms with E-state index in [4.69, 9.17) is 29.0 Å². The SMILES string of the molecule is NNC(Cc1c(Cl)cccc1Cl)c1cc(I)ccc1Br. The van der Waals surface area contributed by atoms with Gasteiger partial charge in [0.25, 0.3) is 0 Å². The van der Waals surface area contributed by atoms with Crippen LogP contribution in [0.5, 0.6) is 0 Å². The predicted molar refractivity (Wildman–Crippen MR) is 97.1 cm³/mol. The Bertz CT molecular complexity index is 602. The molecule has 0 aliphatic rings. The number of rotatable bonds is 4. The van der Waals surface area contributed by atoms with E-state index in [-0.39, 0.29) is 6.04 Å². The molecule has 0 aliphatic carbocycles. The summed E-state index contributed by atoms with van der Waals surface area (Å²) in [6.07, 6.45) is 0.619.